The molecule has 1 unspecified atom stereocenters. The Morgan fingerprint density at radius 1 is 0.962 bits per heavy atom. The second-order valence-electron chi connectivity index (χ2n) is 6.22. The number of para-hydroxylation sites is 1. The average Bonchev–Trinajstić information content (AvgIpc) is 2.66. The number of hydrogen-bond acceptors (Lipinski definition) is 5. The van der Waals surface area contributed by atoms with Gasteiger partial charge in [0.05, 0.1) is 26.9 Å². The van der Waals surface area contributed by atoms with Crippen molar-refractivity contribution in [2.24, 2.45) is 0 Å². The second-order valence-corrected chi connectivity index (χ2v) is 6.22. The standard InChI is InChI=1S/C21H29NO4/c1-24-13-12-22(16-19(23)14-17-8-5-4-6-9-17)15-18-10-7-11-20(25-2)21(18)26-3/h4-11,19,23H,12-16H2,1-3H3. The molecular weight excluding hydrogens is 330 g/mol. The van der Waals surface area contributed by atoms with Gasteiger partial charge in [0.25, 0.3) is 0 Å². The third kappa shape index (κ3) is 6.02. The minimum Gasteiger partial charge on any atom is -0.493 e. The zero-order valence-corrected chi connectivity index (χ0v) is 15.9. The fraction of sp³-hybridized carbons (Fsp3) is 0.429. The first-order valence-corrected chi connectivity index (χ1v) is 8.81. The molecule has 0 bridgehead atoms. The summed E-state index contributed by atoms with van der Waals surface area (Å²) < 4.78 is 16.1. The summed E-state index contributed by atoms with van der Waals surface area (Å²) >= 11 is 0. The van der Waals surface area contributed by atoms with E-state index in [-0.39, 0.29) is 0 Å². The van der Waals surface area contributed by atoms with Crippen molar-refractivity contribution in [1.82, 2.24) is 4.90 Å². The van der Waals surface area contributed by atoms with Crippen LogP contribution < -0.4 is 9.47 Å². The van der Waals surface area contributed by atoms with E-state index in [0.29, 0.717) is 31.9 Å². The van der Waals surface area contributed by atoms with Crippen molar-refractivity contribution in [2.75, 3.05) is 41.0 Å². The average molecular weight is 359 g/mol. The Balaban J connectivity index is 2.07. The van der Waals surface area contributed by atoms with Gasteiger partial charge in [-0.2, -0.15) is 0 Å². The number of nitrogens with zero attached hydrogens (tertiary/aromatic N) is 1. The van der Waals surface area contributed by atoms with Crippen molar-refractivity contribution < 1.29 is 19.3 Å². The van der Waals surface area contributed by atoms with Gasteiger partial charge in [0.2, 0.25) is 0 Å². The Bertz CT molecular complexity index is 648. The van der Waals surface area contributed by atoms with E-state index in [1.54, 1.807) is 21.3 Å². The molecule has 0 amide bonds. The van der Waals surface area contributed by atoms with Gasteiger partial charge >= 0.3 is 0 Å². The molecule has 2 aromatic rings. The van der Waals surface area contributed by atoms with Crippen LogP contribution in [0, 0.1) is 0 Å². The second kappa shape index (κ2) is 10.8. The van der Waals surface area contributed by atoms with E-state index in [2.05, 4.69) is 4.90 Å². The molecule has 0 aliphatic heterocycles. The van der Waals surface area contributed by atoms with Gasteiger partial charge in [0.1, 0.15) is 0 Å². The van der Waals surface area contributed by atoms with Crippen molar-refractivity contribution in [3.05, 3.63) is 59.7 Å². The Hall–Kier alpha value is -2.08. The molecule has 0 aromatic heterocycles. The van der Waals surface area contributed by atoms with Crippen LogP contribution in [0.1, 0.15) is 11.1 Å². The fourth-order valence-electron chi connectivity index (χ4n) is 3.02. The van der Waals surface area contributed by atoms with E-state index in [4.69, 9.17) is 14.2 Å². The molecule has 1 N–H and O–H groups in total. The fourth-order valence-corrected chi connectivity index (χ4v) is 3.02. The van der Waals surface area contributed by atoms with Gasteiger partial charge in [-0.1, -0.05) is 42.5 Å². The molecule has 0 saturated heterocycles. The van der Waals surface area contributed by atoms with E-state index in [9.17, 15) is 5.11 Å². The molecular formula is C21H29NO4. The van der Waals surface area contributed by atoms with Gasteiger partial charge in [-0.25, -0.2) is 0 Å². The normalized spacial score (nSPS) is 12.2. The third-order valence-electron chi connectivity index (χ3n) is 4.27. The molecule has 5 nitrogen and oxygen atoms in total. The maximum Gasteiger partial charge on any atom is 0.165 e. The minimum atomic E-state index is -0.453. The van der Waals surface area contributed by atoms with Crippen molar-refractivity contribution in [3.63, 3.8) is 0 Å². The van der Waals surface area contributed by atoms with E-state index in [1.807, 2.05) is 48.5 Å². The highest BCUT2D eigenvalue weighted by atomic mass is 16.5. The van der Waals surface area contributed by atoms with Gasteiger partial charge in [-0.15, -0.1) is 0 Å². The quantitative estimate of drug-likeness (QED) is 0.669. The maximum absolute atomic E-state index is 10.5. The first kappa shape index (κ1) is 20.2. The van der Waals surface area contributed by atoms with Crippen LogP contribution in [0.15, 0.2) is 48.5 Å². The Kier molecular flexibility index (Phi) is 8.41. The molecule has 0 fully saturated rings. The lowest BCUT2D eigenvalue weighted by molar-refractivity contribution is 0.0846. The van der Waals surface area contributed by atoms with Gasteiger partial charge in [0.15, 0.2) is 11.5 Å². The van der Waals surface area contributed by atoms with Crippen LogP contribution >= 0.6 is 0 Å². The summed E-state index contributed by atoms with van der Waals surface area (Å²) in [5.41, 5.74) is 2.15. The van der Waals surface area contributed by atoms with E-state index in [1.165, 1.54) is 0 Å². The molecule has 2 aromatic carbocycles. The Morgan fingerprint density at radius 2 is 1.73 bits per heavy atom. The summed E-state index contributed by atoms with van der Waals surface area (Å²) in [6.45, 7) is 2.53. The van der Waals surface area contributed by atoms with Crippen LogP contribution in [-0.2, 0) is 17.7 Å². The molecule has 0 spiro atoms. The number of benzene rings is 2. The lowest BCUT2D eigenvalue weighted by Crippen LogP contribution is -2.35. The molecule has 5 heteroatoms. The van der Waals surface area contributed by atoms with Crippen LogP contribution in [0.3, 0.4) is 0 Å². The molecule has 26 heavy (non-hydrogen) atoms. The number of ether oxygens (including phenoxy) is 3. The van der Waals surface area contributed by atoms with Gasteiger partial charge < -0.3 is 19.3 Å². The summed E-state index contributed by atoms with van der Waals surface area (Å²) in [4.78, 5) is 2.17. The Labute approximate surface area is 156 Å². The van der Waals surface area contributed by atoms with Crippen molar-refractivity contribution in [3.8, 4) is 11.5 Å². The molecule has 2 rings (SSSR count). The zero-order valence-electron chi connectivity index (χ0n) is 15.9. The highest BCUT2D eigenvalue weighted by Crippen LogP contribution is 2.31. The highest BCUT2D eigenvalue weighted by molar-refractivity contribution is 5.46. The number of aliphatic hydroxyl groups is 1. The van der Waals surface area contributed by atoms with E-state index >= 15 is 0 Å². The summed E-state index contributed by atoms with van der Waals surface area (Å²) in [5.74, 6) is 1.44. The summed E-state index contributed by atoms with van der Waals surface area (Å²) in [6, 6.07) is 15.9. The lowest BCUT2D eigenvalue weighted by Gasteiger charge is -2.26. The van der Waals surface area contributed by atoms with Crippen LogP contribution in [-0.4, -0.2) is 57.1 Å². The third-order valence-corrected chi connectivity index (χ3v) is 4.27. The SMILES string of the molecule is COCCN(Cc1cccc(OC)c1OC)CC(O)Cc1ccccc1. The topological polar surface area (TPSA) is 51.2 Å². The monoisotopic (exact) mass is 359 g/mol. The smallest absolute Gasteiger partial charge is 0.165 e. The number of hydrogen-bond donors (Lipinski definition) is 1. The molecule has 1 atom stereocenters. The predicted octanol–water partition coefficient (Wildman–Crippen LogP) is 2.76. The number of methoxy groups -OCH3 is 3. The van der Waals surface area contributed by atoms with Gasteiger partial charge in [-0.3, -0.25) is 4.90 Å². The molecule has 0 saturated carbocycles. The predicted molar refractivity (Wildman–Crippen MR) is 103 cm³/mol. The summed E-state index contributed by atoms with van der Waals surface area (Å²) in [6.07, 6.45) is 0.172. The van der Waals surface area contributed by atoms with Gasteiger partial charge in [-0.05, 0) is 18.1 Å². The number of rotatable bonds is 11. The molecule has 142 valence electrons. The van der Waals surface area contributed by atoms with Crippen LogP contribution in [0.2, 0.25) is 0 Å². The van der Waals surface area contributed by atoms with Gasteiger partial charge in [0, 0.05) is 32.3 Å². The number of aliphatic hydroxyl groups excluding tert-OH is 1. The molecule has 0 aliphatic rings. The lowest BCUT2D eigenvalue weighted by atomic mass is 10.1. The van der Waals surface area contributed by atoms with Crippen molar-refractivity contribution in [2.45, 2.75) is 19.1 Å². The highest BCUT2D eigenvalue weighted by Gasteiger charge is 2.16. The summed E-state index contributed by atoms with van der Waals surface area (Å²) in [7, 11) is 4.96. The molecule has 0 heterocycles. The molecule has 0 radical (unpaired) electrons. The zero-order chi connectivity index (χ0) is 18.8. The van der Waals surface area contributed by atoms with Crippen molar-refractivity contribution in [1.29, 1.82) is 0 Å². The minimum absolute atomic E-state index is 0.453. The van der Waals surface area contributed by atoms with Crippen LogP contribution in [0.25, 0.3) is 0 Å². The van der Waals surface area contributed by atoms with Crippen LogP contribution in [0.5, 0.6) is 11.5 Å². The first-order chi connectivity index (χ1) is 12.7. The largest absolute Gasteiger partial charge is 0.493 e. The summed E-state index contributed by atoms with van der Waals surface area (Å²) in [5, 5.41) is 10.5. The van der Waals surface area contributed by atoms with E-state index in [0.717, 1.165) is 23.4 Å². The van der Waals surface area contributed by atoms with Crippen LogP contribution in [0.4, 0.5) is 0 Å². The van der Waals surface area contributed by atoms with Crippen molar-refractivity contribution >= 4 is 0 Å². The Morgan fingerprint density at radius 3 is 2.38 bits per heavy atom. The maximum atomic E-state index is 10.5. The van der Waals surface area contributed by atoms with E-state index < -0.39 is 6.10 Å². The molecule has 0 aliphatic carbocycles. The first-order valence-electron chi connectivity index (χ1n) is 8.81.